The molecule has 0 unspecified atom stereocenters. The molecule has 0 aliphatic carbocycles. The number of amides is 13. The summed E-state index contributed by atoms with van der Waals surface area (Å²) in [5.74, 6) is -17.0. The molecule has 622 valence electrons. The summed E-state index contributed by atoms with van der Waals surface area (Å²) in [6.45, 7) is 19.5. The number of rotatable bonds is 43. The Morgan fingerprint density at radius 3 is 1.67 bits per heavy atom. The highest BCUT2D eigenvalue weighted by Gasteiger charge is 2.42. The molecule has 0 bridgehead atoms. The number of carboxylic acid groups (broad SMARTS) is 1. The first-order valence-corrected chi connectivity index (χ1v) is 37.9. The minimum Gasteiger partial charge on any atom is -0.481 e. The van der Waals surface area contributed by atoms with Crippen LogP contribution < -0.4 is 92.3 Å². The summed E-state index contributed by atoms with van der Waals surface area (Å²) in [5.41, 5.74) is 25.7. The van der Waals surface area contributed by atoms with Crippen molar-refractivity contribution in [2.75, 3.05) is 13.1 Å². The molecule has 1 aromatic rings. The van der Waals surface area contributed by atoms with Gasteiger partial charge in [0, 0.05) is 6.42 Å². The molecule has 1 aromatic carbocycles. The number of nitrogens with two attached hydrogens (primary N) is 4. The molecule has 0 radical (unpaired) electrons. The minimum absolute atomic E-state index is 0.000721. The second-order valence-electron chi connectivity index (χ2n) is 30.5. The third-order valence-electron chi connectivity index (χ3n) is 18.5. The highest BCUT2D eigenvalue weighted by atomic mass is 16.4. The molecule has 1 aliphatic rings. The number of aliphatic hydroxyl groups excluding tert-OH is 1. The van der Waals surface area contributed by atoms with E-state index in [2.05, 4.69) is 69.3 Å². The lowest BCUT2D eigenvalue weighted by Crippen LogP contribution is -2.66. The Labute approximate surface area is 649 Å². The second-order valence-corrected chi connectivity index (χ2v) is 30.5. The molecule has 36 heteroatoms. The lowest BCUT2D eigenvalue weighted by molar-refractivity contribution is -0.141. The first-order chi connectivity index (χ1) is 51.8. The van der Waals surface area contributed by atoms with Crippen LogP contribution in [0.2, 0.25) is 0 Å². The van der Waals surface area contributed by atoms with Crippen molar-refractivity contribution in [1.82, 2.24) is 69.3 Å². The number of aliphatic carboxylic acids is 1. The molecule has 111 heavy (non-hydrogen) atoms. The van der Waals surface area contributed by atoms with Crippen molar-refractivity contribution in [2.24, 2.45) is 46.6 Å². The number of carboxylic acids is 1. The van der Waals surface area contributed by atoms with Crippen LogP contribution in [0.15, 0.2) is 42.5 Å². The lowest BCUT2D eigenvalue weighted by atomic mass is 9.91. The molecule has 0 saturated carbocycles. The van der Waals surface area contributed by atoms with Crippen LogP contribution >= 0.6 is 0 Å². The molecule has 36 nitrogen and oxygen atoms in total. The molecule has 13 amide bonds. The second kappa shape index (κ2) is 48.2. The number of unbranched alkanes of at least 4 members (excludes halogenated alkanes) is 1. The molecule has 0 fully saturated rings. The lowest BCUT2D eigenvalue weighted by Gasteiger charge is -2.34. The summed E-state index contributed by atoms with van der Waals surface area (Å²) in [5, 5.41) is 49.3. The third kappa shape index (κ3) is 35.5. The fourth-order valence-electron chi connectivity index (χ4n) is 12.0. The number of hydrogen-bond acceptors (Lipinski definition) is 22. The van der Waals surface area contributed by atoms with Crippen molar-refractivity contribution in [2.45, 2.75) is 283 Å². The summed E-state index contributed by atoms with van der Waals surface area (Å²) in [7, 11) is 0. The number of benzene rings is 1. The van der Waals surface area contributed by atoms with Crippen LogP contribution in [0.5, 0.6) is 0 Å². The number of aliphatic hydroxyl groups is 1. The van der Waals surface area contributed by atoms with Gasteiger partial charge in [0.05, 0.1) is 44.0 Å². The summed E-state index contributed by atoms with van der Waals surface area (Å²) in [6.07, 6.45) is 1.37. The Hall–Kier alpha value is -9.65. The maximum absolute atomic E-state index is 15.1. The minimum atomic E-state index is -1.73. The van der Waals surface area contributed by atoms with E-state index >= 15 is 9.59 Å². The monoisotopic (exact) mass is 1570 g/mol. The number of hydrogen-bond donors (Lipinski definition) is 19. The molecular weight excluding hydrogens is 1440 g/mol. The molecule has 1 aliphatic heterocycles. The average molecular weight is 1570 g/mol. The van der Waals surface area contributed by atoms with Gasteiger partial charge in [-0.15, -0.1) is 0 Å². The number of ketones is 3. The Kier molecular flexibility index (Phi) is 42.3. The van der Waals surface area contributed by atoms with E-state index < -0.39 is 221 Å². The number of carbonyl (C=O) groups excluding carboxylic acids is 16. The Morgan fingerprint density at radius 2 is 1.15 bits per heavy atom. The SMILES string of the molecule is CC(=O)CC(=O)[C@H](CC(=O)O)NC(=O)[C@@H](NC(=O)[C@H](CC(N)=O)NCC(=O)[C@@H](NC(=O)[C@H](CC(C)C)NC(=O)[C@H](CC(C)C)NC(=O)[C@H](Cc1ccccc1)NN[C@@]1(C)CCC/C=C\CCC[C@@](C)(C(=O)N[C@@H](CCC(N)=O)C(N)=O)NC(=O)[C@H](C)NC(=O)[C@H](C(C)C)NC(=O)[C@H](CCCCN)NC1=O)[C@@H](C)O)C(C)C. The number of allylic oxidation sites excluding steroid dienone is 2. The van der Waals surface area contributed by atoms with Crippen LogP contribution in [-0.4, -0.2) is 207 Å². The van der Waals surface area contributed by atoms with Crippen molar-refractivity contribution in [3.8, 4) is 0 Å². The van der Waals surface area contributed by atoms with Crippen LogP contribution in [0.3, 0.4) is 0 Å². The fourth-order valence-corrected chi connectivity index (χ4v) is 12.0. The van der Waals surface area contributed by atoms with Gasteiger partial charge in [0.1, 0.15) is 71.2 Å². The topological polar surface area (TPSA) is 591 Å². The van der Waals surface area contributed by atoms with Crippen molar-refractivity contribution < 1.29 is 91.7 Å². The maximum atomic E-state index is 15.1. The van der Waals surface area contributed by atoms with E-state index in [0.29, 0.717) is 37.7 Å². The summed E-state index contributed by atoms with van der Waals surface area (Å²) in [6, 6.07) is -6.97. The number of Topliss-reactive ketones (excluding diaryl/α,β-unsaturated/α-hetero) is 3. The van der Waals surface area contributed by atoms with Crippen molar-refractivity contribution >= 4 is 100 Å². The fraction of sp³-hybridized carbons (Fsp3) is 0.667. The maximum Gasteiger partial charge on any atom is 0.305 e. The average Bonchev–Trinajstić information content (AvgIpc) is 1.00. The Balaban J connectivity index is 2.64. The summed E-state index contributed by atoms with van der Waals surface area (Å²) < 4.78 is 0. The smallest absolute Gasteiger partial charge is 0.305 e. The van der Waals surface area contributed by atoms with Gasteiger partial charge < -0.3 is 86.3 Å². The van der Waals surface area contributed by atoms with Crippen LogP contribution in [0, 0.1) is 23.7 Å². The van der Waals surface area contributed by atoms with Gasteiger partial charge in [-0.3, -0.25) is 86.8 Å². The molecule has 14 atom stereocenters. The summed E-state index contributed by atoms with van der Waals surface area (Å²) >= 11 is 0. The van der Waals surface area contributed by atoms with Crippen LogP contribution in [0.25, 0.3) is 0 Å². The third-order valence-corrected chi connectivity index (χ3v) is 18.5. The van der Waals surface area contributed by atoms with E-state index in [1.807, 2.05) is 12.2 Å². The van der Waals surface area contributed by atoms with Crippen LogP contribution in [0.4, 0.5) is 0 Å². The van der Waals surface area contributed by atoms with Crippen LogP contribution in [-0.2, 0) is 87.9 Å². The number of nitrogens with one attached hydrogen (secondary N) is 13. The molecule has 0 aromatic heterocycles. The van der Waals surface area contributed by atoms with E-state index in [0.717, 1.165) is 6.92 Å². The first-order valence-electron chi connectivity index (χ1n) is 37.9. The largest absolute Gasteiger partial charge is 0.481 e. The highest BCUT2D eigenvalue weighted by molar-refractivity contribution is 6.04. The van der Waals surface area contributed by atoms with Crippen molar-refractivity contribution in [3.63, 3.8) is 0 Å². The van der Waals surface area contributed by atoms with Gasteiger partial charge in [-0.05, 0) is 154 Å². The van der Waals surface area contributed by atoms with Gasteiger partial charge in [-0.1, -0.05) is 97.9 Å². The Bertz CT molecular complexity index is 3410. The molecule has 1 heterocycles. The van der Waals surface area contributed by atoms with Gasteiger partial charge in [-0.2, -0.15) is 0 Å². The van der Waals surface area contributed by atoms with Gasteiger partial charge in [0.25, 0.3) is 0 Å². The van der Waals surface area contributed by atoms with Crippen molar-refractivity contribution in [1.29, 1.82) is 0 Å². The van der Waals surface area contributed by atoms with Crippen molar-refractivity contribution in [3.05, 3.63) is 48.0 Å². The molecule has 0 spiro atoms. The Morgan fingerprint density at radius 1 is 0.604 bits per heavy atom. The van der Waals surface area contributed by atoms with E-state index in [1.165, 1.54) is 34.6 Å². The number of carbonyl (C=O) groups is 17. The number of primary amides is 3. The van der Waals surface area contributed by atoms with Gasteiger partial charge in [0.2, 0.25) is 76.8 Å². The molecule has 0 saturated heterocycles. The zero-order valence-corrected chi connectivity index (χ0v) is 66.4. The zero-order chi connectivity index (χ0) is 84.2. The number of hydrazine groups is 1. The van der Waals surface area contributed by atoms with Crippen LogP contribution in [0.1, 0.15) is 198 Å². The predicted octanol–water partition coefficient (Wildman–Crippen LogP) is -2.29. The van der Waals surface area contributed by atoms with Gasteiger partial charge in [-0.25, -0.2) is 10.9 Å². The molecular formula is C75H123N17O19. The molecule has 2 rings (SSSR count). The van der Waals surface area contributed by atoms with E-state index in [1.54, 1.807) is 78.8 Å². The normalized spacial score (nSPS) is 21.1. The first kappa shape index (κ1) is 97.4. The van der Waals surface area contributed by atoms with Gasteiger partial charge >= 0.3 is 5.97 Å². The molecule has 23 N–H and O–H groups in total. The predicted molar refractivity (Wildman–Crippen MR) is 409 cm³/mol. The van der Waals surface area contributed by atoms with Gasteiger partial charge in [0.15, 0.2) is 11.6 Å². The van der Waals surface area contributed by atoms with E-state index in [9.17, 15) is 82.1 Å². The highest BCUT2D eigenvalue weighted by Crippen LogP contribution is 2.21. The quantitative estimate of drug-likeness (QED) is 0.0142. The zero-order valence-electron chi connectivity index (χ0n) is 66.4. The van der Waals surface area contributed by atoms with E-state index in [4.69, 9.17) is 22.9 Å². The standard InChI is InChI=1S/C75H123N17O19/c1-40(2)33-52(67(105)83-53(34-41(3)4)68(106)89-62(46(11)94)56(96)39-80-51(37-58(78)98)66(104)88-61(43(7)8)71(109)82-50(38-59(99)100)55(95)35-44(9)93)84-69(107)54(36-47-25-19-18-20-26-47)91-92-75(13)31-23-17-15-14-16-22-30-74(12,72(110)85-48(63(79)101)28-29-57(77)97)90-64(102)45(10)81-70(108)60(42(5)6)87-65(103)49(86-73(75)111)27-21-24-32-76/h14-15,18-20,25-26,40-43,45-46,48-54,60-62,80,91-92,94H,16-17,21-24,27-39,76H2,1-13H3,(H2,77,97)(H2,78,98)(H2,79,101)(H,81,108)(H,82,109)(H,83,105)(H,84,107)(H,85,110)(H,86,111)(H,87,103)(H,88,104)(H,89,106)(H,90,102)(H,99,100)/b15-14-/t45-,46+,48-,49-,50-,51-,52-,53-,54-,60-,61-,62-,74-,75-/m0/s1. The van der Waals surface area contributed by atoms with E-state index in [-0.39, 0.29) is 76.2 Å². The summed E-state index contributed by atoms with van der Waals surface area (Å²) in [4.78, 5) is 230.